The highest BCUT2D eigenvalue weighted by Crippen LogP contribution is 1.99. The fourth-order valence-corrected chi connectivity index (χ4v) is 1.32. The zero-order valence-corrected chi connectivity index (χ0v) is 9.18. The third-order valence-electron chi connectivity index (χ3n) is 2.23. The largest absolute Gasteiger partial charge is 0.302 e. The zero-order valence-electron chi connectivity index (χ0n) is 9.18. The Balaban J connectivity index is 3.54. The van der Waals surface area contributed by atoms with Crippen LogP contribution in [0.1, 0.15) is 46.0 Å². The second-order valence-electron chi connectivity index (χ2n) is 3.50. The van der Waals surface area contributed by atoms with Crippen molar-refractivity contribution in [3.05, 3.63) is 0 Å². The van der Waals surface area contributed by atoms with Crippen molar-refractivity contribution in [3.8, 4) is 12.3 Å². The van der Waals surface area contributed by atoms with E-state index < -0.39 is 0 Å². The number of terminal acetylenes is 1. The molecule has 0 unspecified atom stereocenters. The molecule has 0 saturated heterocycles. The van der Waals surface area contributed by atoms with E-state index in [1.165, 1.54) is 38.8 Å². The first kappa shape index (κ1) is 12.5. The van der Waals surface area contributed by atoms with Crippen LogP contribution in [0.4, 0.5) is 0 Å². The number of nitrogens with zero attached hydrogens (tertiary/aromatic N) is 1. The molecule has 1 nitrogen and oxygen atoms in total. The van der Waals surface area contributed by atoms with E-state index in [1.54, 1.807) is 0 Å². The van der Waals surface area contributed by atoms with Gasteiger partial charge in [0.25, 0.3) is 0 Å². The minimum Gasteiger partial charge on any atom is -0.302 e. The number of hydrogen-bond acceptors (Lipinski definition) is 1. The van der Waals surface area contributed by atoms with Crippen molar-refractivity contribution in [2.45, 2.75) is 46.0 Å². The van der Waals surface area contributed by atoms with Crippen molar-refractivity contribution in [2.75, 3.05) is 19.6 Å². The summed E-state index contributed by atoms with van der Waals surface area (Å²) in [6.07, 6.45) is 11.3. The lowest BCUT2D eigenvalue weighted by Gasteiger charge is -2.20. The molecule has 76 valence electrons. The Morgan fingerprint density at radius 1 is 1.00 bits per heavy atom. The molecule has 0 bridgehead atoms. The van der Waals surface area contributed by atoms with E-state index in [0.29, 0.717) is 0 Å². The minimum atomic E-state index is 0.896. The Morgan fingerprint density at radius 2 is 1.54 bits per heavy atom. The molecule has 0 spiro atoms. The van der Waals surface area contributed by atoms with Gasteiger partial charge in [-0.3, -0.25) is 0 Å². The summed E-state index contributed by atoms with van der Waals surface area (Å²) in [5.74, 6) is 2.71. The van der Waals surface area contributed by atoms with Crippen LogP contribution in [0, 0.1) is 12.3 Å². The van der Waals surface area contributed by atoms with E-state index in [-0.39, 0.29) is 0 Å². The molecule has 0 heterocycles. The first-order valence-corrected chi connectivity index (χ1v) is 5.51. The third-order valence-corrected chi connectivity index (χ3v) is 2.23. The van der Waals surface area contributed by atoms with E-state index in [2.05, 4.69) is 24.7 Å². The van der Waals surface area contributed by atoms with Crippen LogP contribution in [0.3, 0.4) is 0 Å². The van der Waals surface area contributed by atoms with Crippen LogP contribution in [0.15, 0.2) is 0 Å². The van der Waals surface area contributed by atoms with Crippen molar-refractivity contribution >= 4 is 0 Å². The van der Waals surface area contributed by atoms with Crippen molar-refractivity contribution in [1.82, 2.24) is 4.90 Å². The SMILES string of the molecule is C#CCCN(CCCC)CCCC. The van der Waals surface area contributed by atoms with Gasteiger partial charge in [-0.25, -0.2) is 0 Å². The highest BCUT2D eigenvalue weighted by molar-refractivity contribution is 4.84. The molecule has 0 saturated carbocycles. The van der Waals surface area contributed by atoms with Crippen molar-refractivity contribution in [3.63, 3.8) is 0 Å². The molecule has 0 aromatic rings. The number of unbranched alkanes of at least 4 members (excludes halogenated alkanes) is 2. The van der Waals surface area contributed by atoms with Gasteiger partial charge in [-0.1, -0.05) is 26.7 Å². The molecule has 1 heteroatoms. The summed E-state index contributed by atoms with van der Waals surface area (Å²) in [7, 11) is 0. The first-order chi connectivity index (χ1) is 6.35. The van der Waals surface area contributed by atoms with Gasteiger partial charge in [0.1, 0.15) is 0 Å². The van der Waals surface area contributed by atoms with Crippen LogP contribution in [0.2, 0.25) is 0 Å². The summed E-state index contributed by atoms with van der Waals surface area (Å²) in [6.45, 7) is 7.99. The van der Waals surface area contributed by atoms with Crippen molar-refractivity contribution in [2.24, 2.45) is 0 Å². The second kappa shape index (κ2) is 9.61. The third kappa shape index (κ3) is 7.87. The van der Waals surface area contributed by atoms with Crippen LogP contribution in [0.25, 0.3) is 0 Å². The molecule has 0 fully saturated rings. The quantitative estimate of drug-likeness (QED) is 0.520. The van der Waals surface area contributed by atoms with Gasteiger partial charge in [-0.2, -0.15) is 0 Å². The molecule has 13 heavy (non-hydrogen) atoms. The molecular formula is C12H23N. The molecule has 0 aromatic heterocycles. The number of rotatable bonds is 8. The normalized spacial score (nSPS) is 10.3. The van der Waals surface area contributed by atoms with Gasteiger partial charge in [0.05, 0.1) is 0 Å². The molecule has 0 atom stereocenters. The molecular weight excluding hydrogens is 158 g/mol. The Morgan fingerprint density at radius 3 is 1.92 bits per heavy atom. The van der Waals surface area contributed by atoms with Crippen molar-refractivity contribution in [1.29, 1.82) is 0 Å². The Bertz CT molecular complexity index is 127. The molecule has 0 aromatic carbocycles. The van der Waals surface area contributed by atoms with Gasteiger partial charge < -0.3 is 4.90 Å². The molecule has 0 aliphatic heterocycles. The average Bonchev–Trinajstić information content (AvgIpc) is 2.17. The second-order valence-corrected chi connectivity index (χ2v) is 3.50. The highest BCUT2D eigenvalue weighted by atomic mass is 15.1. The van der Waals surface area contributed by atoms with Crippen LogP contribution >= 0.6 is 0 Å². The van der Waals surface area contributed by atoms with Gasteiger partial charge in [-0.05, 0) is 25.9 Å². The minimum absolute atomic E-state index is 0.896. The molecule has 0 rings (SSSR count). The van der Waals surface area contributed by atoms with Crippen LogP contribution in [-0.4, -0.2) is 24.5 Å². The first-order valence-electron chi connectivity index (χ1n) is 5.51. The molecule has 0 N–H and O–H groups in total. The Labute approximate surface area is 83.5 Å². The van der Waals surface area contributed by atoms with Gasteiger partial charge in [0, 0.05) is 13.0 Å². The maximum Gasteiger partial charge on any atom is 0.0214 e. The van der Waals surface area contributed by atoms with Crippen LogP contribution in [0.5, 0.6) is 0 Å². The average molecular weight is 181 g/mol. The van der Waals surface area contributed by atoms with E-state index >= 15 is 0 Å². The van der Waals surface area contributed by atoms with Gasteiger partial charge in [0.15, 0.2) is 0 Å². The topological polar surface area (TPSA) is 3.24 Å². The summed E-state index contributed by atoms with van der Waals surface area (Å²) < 4.78 is 0. The summed E-state index contributed by atoms with van der Waals surface area (Å²) in [6, 6.07) is 0. The monoisotopic (exact) mass is 181 g/mol. The van der Waals surface area contributed by atoms with Gasteiger partial charge >= 0.3 is 0 Å². The molecule has 0 aliphatic rings. The fraction of sp³-hybridized carbons (Fsp3) is 0.833. The van der Waals surface area contributed by atoms with E-state index in [4.69, 9.17) is 6.42 Å². The molecule has 0 aliphatic carbocycles. The predicted octanol–water partition coefficient (Wildman–Crippen LogP) is 2.91. The molecule has 0 amide bonds. The summed E-state index contributed by atoms with van der Waals surface area (Å²) >= 11 is 0. The predicted molar refractivity (Wildman–Crippen MR) is 59.7 cm³/mol. The number of hydrogen-bond donors (Lipinski definition) is 0. The summed E-state index contributed by atoms with van der Waals surface area (Å²) in [5.41, 5.74) is 0. The van der Waals surface area contributed by atoms with Crippen molar-refractivity contribution < 1.29 is 0 Å². The lowest BCUT2D eigenvalue weighted by Crippen LogP contribution is -2.26. The Hall–Kier alpha value is -0.480. The van der Waals surface area contributed by atoms with Gasteiger partial charge in [-0.15, -0.1) is 12.3 Å². The van der Waals surface area contributed by atoms with E-state index in [9.17, 15) is 0 Å². The van der Waals surface area contributed by atoms with E-state index in [0.717, 1.165) is 13.0 Å². The maximum absolute atomic E-state index is 5.26. The lowest BCUT2D eigenvalue weighted by atomic mass is 10.2. The summed E-state index contributed by atoms with van der Waals surface area (Å²) in [4.78, 5) is 2.49. The van der Waals surface area contributed by atoms with Gasteiger partial charge in [0.2, 0.25) is 0 Å². The fourth-order valence-electron chi connectivity index (χ4n) is 1.32. The summed E-state index contributed by atoms with van der Waals surface area (Å²) in [5, 5.41) is 0. The standard InChI is InChI=1S/C12H23N/c1-4-7-10-13(11-8-5-2)12-9-6-3/h1H,5-12H2,2-3H3. The smallest absolute Gasteiger partial charge is 0.0214 e. The lowest BCUT2D eigenvalue weighted by molar-refractivity contribution is 0.271. The highest BCUT2D eigenvalue weighted by Gasteiger charge is 2.01. The van der Waals surface area contributed by atoms with E-state index in [1.807, 2.05) is 0 Å². The van der Waals surface area contributed by atoms with Crippen LogP contribution in [-0.2, 0) is 0 Å². The van der Waals surface area contributed by atoms with Crippen LogP contribution < -0.4 is 0 Å². The maximum atomic E-state index is 5.26. The Kier molecular flexibility index (Phi) is 9.25. The zero-order chi connectivity index (χ0) is 9.94. The molecule has 0 radical (unpaired) electrons.